The molecule has 1 saturated heterocycles. The standard InChI is InChI=1S/C14H15N3O2/c1-2-8-15-10-4-3-5-11(9-10)16-12-6-7-13(18)17-14(12)19/h1,3-5,9,12,15-16H,6-8H2,(H,17,18,19). The molecule has 1 unspecified atom stereocenters. The lowest BCUT2D eigenvalue weighted by molar-refractivity contribution is -0.133. The van der Waals surface area contributed by atoms with Crippen LogP contribution in [0.1, 0.15) is 12.8 Å². The van der Waals surface area contributed by atoms with Crippen LogP contribution in [-0.4, -0.2) is 24.4 Å². The van der Waals surface area contributed by atoms with Gasteiger partial charge in [0, 0.05) is 17.8 Å². The second kappa shape index (κ2) is 5.91. The van der Waals surface area contributed by atoms with E-state index in [-0.39, 0.29) is 17.9 Å². The number of benzene rings is 1. The van der Waals surface area contributed by atoms with Crippen LogP contribution in [0.5, 0.6) is 0 Å². The van der Waals surface area contributed by atoms with Crippen molar-refractivity contribution in [2.75, 3.05) is 17.2 Å². The highest BCUT2D eigenvalue weighted by atomic mass is 16.2. The molecule has 0 bridgehead atoms. The van der Waals surface area contributed by atoms with Gasteiger partial charge < -0.3 is 10.6 Å². The number of carbonyl (C=O) groups excluding carboxylic acids is 2. The van der Waals surface area contributed by atoms with Crippen molar-refractivity contribution in [3.63, 3.8) is 0 Å². The van der Waals surface area contributed by atoms with Gasteiger partial charge in [0.1, 0.15) is 6.04 Å². The third-order valence-corrected chi connectivity index (χ3v) is 2.84. The minimum Gasteiger partial charge on any atom is -0.374 e. The van der Waals surface area contributed by atoms with Crippen LogP contribution in [-0.2, 0) is 9.59 Å². The Kier molecular flexibility index (Phi) is 4.04. The van der Waals surface area contributed by atoms with Crippen molar-refractivity contribution in [2.24, 2.45) is 0 Å². The first-order valence-corrected chi connectivity index (χ1v) is 6.06. The van der Waals surface area contributed by atoms with E-state index in [9.17, 15) is 9.59 Å². The number of terminal acetylenes is 1. The number of nitrogens with one attached hydrogen (secondary N) is 3. The van der Waals surface area contributed by atoms with Crippen molar-refractivity contribution in [3.05, 3.63) is 24.3 Å². The van der Waals surface area contributed by atoms with Crippen LogP contribution in [0.2, 0.25) is 0 Å². The van der Waals surface area contributed by atoms with E-state index in [2.05, 4.69) is 21.9 Å². The van der Waals surface area contributed by atoms with Crippen molar-refractivity contribution in [3.8, 4) is 12.3 Å². The molecule has 0 aromatic heterocycles. The fourth-order valence-corrected chi connectivity index (χ4v) is 1.90. The normalized spacial score (nSPS) is 18.4. The molecule has 0 aliphatic carbocycles. The zero-order valence-electron chi connectivity index (χ0n) is 10.4. The molecule has 1 aromatic rings. The monoisotopic (exact) mass is 257 g/mol. The number of hydrogen-bond acceptors (Lipinski definition) is 4. The van der Waals surface area contributed by atoms with Crippen molar-refractivity contribution >= 4 is 23.2 Å². The molecule has 1 aliphatic rings. The summed E-state index contributed by atoms with van der Waals surface area (Å²) in [6.07, 6.45) is 6.05. The van der Waals surface area contributed by atoms with Crippen molar-refractivity contribution < 1.29 is 9.59 Å². The maximum Gasteiger partial charge on any atom is 0.249 e. The largest absolute Gasteiger partial charge is 0.374 e. The van der Waals surface area contributed by atoms with Gasteiger partial charge in [-0.1, -0.05) is 12.0 Å². The third kappa shape index (κ3) is 3.49. The van der Waals surface area contributed by atoms with Gasteiger partial charge in [-0.15, -0.1) is 6.42 Å². The van der Waals surface area contributed by atoms with E-state index in [0.717, 1.165) is 11.4 Å². The Hall–Kier alpha value is -2.48. The predicted molar refractivity (Wildman–Crippen MR) is 73.6 cm³/mol. The summed E-state index contributed by atoms with van der Waals surface area (Å²) in [4.78, 5) is 22.7. The minimum absolute atomic E-state index is 0.215. The highest BCUT2D eigenvalue weighted by molar-refractivity contribution is 6.01. The maximum absolute atomic E-state index is 11.6. The summed E-state index contributed by atoms with van der Waals surface area (Å²) in [6.45, 7) is 0.446. The average Bonchev–Trinajstić information content (AvgIpc) is 2.40. The first kappa shape index (κ1) is 13.0. The summed E-state index contributed by atoms with van der Waals surface area (Å²) in [5.74, 6) is 2.00. The van der Waals surface area contributed by atoms with Crippen LogP contribution in [0.3, 0.4) is 0 Å². The second-order valence-corrected chi connectivity index (χ2v) is 4.29. The number of anilines is 2. The summed E-state index contributed by atoms with van der Waals surface area (Å²) in [7, 11) is 0. The molecule has 1 fully saturated rings. The molecule has 5 heteroatoms. The van der Waals surface area contributed by atoms with E-state index in [1.807, 2.05) is 24.3 Å². The van der Waals surface area contributed by atoms with Crippen LogP contribution in [0.4, 0.5) is 11.4 Å². The molecule has 2 rings (SSSR count). The molecule has 0 spiro atoms. The Bertz CT molecular complexity index is 534. The third-order valence-electron chi connectivity index (χ3n) is 2.84. The number of hydrogen-bond donors (Lipinski definition) is 3. The maximum atomic E-state index is 11.6. The number of amides is 2. The van der Waals surface area contributed by atoms with E-state index >= 15 is 0 Å². The molecule has 1 heterocycles. The average molecular weight is 257 g/mol. The van der Waals surface area contributed by atoms with Crippen molar-refractivity contribution in [1.82, 2.24) is 5.32 Å². The summed E-state index contributed by atoms with van der Waals surface area (Å²) in [5, 5.41) is 8.49. The number of imide groups is 1. The van der Waals surface area contributed by atoms with Crippen LogP contribution in [0, 0.1) is 12.3 Å². The lowest BCUT2D eigenvalue weighted by atomic mass is 10.1. The zero-order chi connectivity index (χ0) is 13.7. The smallest absolute Gasteiger partial charge is 0.249 e. The Morgan fingerprint density at radius 3 is 2.89 bits per heavy atom. The lowest BCUT2D eigenvalue weighted by Crippen LogP contribution is -2.47. The highest BCUT2D eigenvalue weighted by Gasteiger charge is 2.26. The van der Waals surface area contributed by atoms with Crippen LogP contribution < -0.4 is 16.0 Å². The van der Waals surface area contributed by atoms with E-state index in [1.165, 1.54) is 0 Å². The first-order valence-electron chi connectivity index (χ1n) is 6.06. The highest BCUT2D eigenvalue weighted by Crippen LogP contribution is 2.18. The van der Waals surface area contributed by atoms with E-state index in [1.54, 1.807) is 0 Å². The van der Waals surface area contributed by atoms with Gasteiger partial charge in [-0.2, -0.15) is 0 Å². The number of rotatable bonds is 4. The molecule has 2 amide bonds. The van der Waals surface area contributed by atoms with Gasteiger partial charge in [0.05, 0.1) is 6.54 Å². The molecule has 0 radical (unpaired) electrons. The van der Waals surface area contributed by atoms with E-state index < -0.39 is 0 Å². The summed E-state index contributed by atoms with van der Waals surface area (Å²) in [5.41, 5.74) is 1.70. The molecule has 19 heavy (non-hydrogen) atoms. The Morgan fingerprint density at radius 2 is 2.16 bits per heavy atom. The van der Waals surface area contributed by atoms with Crippen LogP contribution >= 0.6 is 0 Å². The Labute approximate surface area is 111 Å². The quantitative estimate of drug-likeness (QED) is 0.555. The summed E-state index contributed by atoms with van der Waals surface area (Å²) < 4.78 is 0. The lowest BCUT2D eigenvalue weighted by Gasteiger charge is -2.23. The molecule has 0 saturated carbocycles. The Morgan fingerprint density at radius 1 is 1.37 bits per heavy atom. The molecule has 1 aromatic carbocycles. The zero-order valence-corrected chi connectivity index (χ0v) is 10.4. The van der Waals surface area contributed by atoms with Crippen LogP contribution in [0.15, 0.2) is 24.3 Å². The molecule has 5 nitrogen and oxygen atoms in total. The minimum atomic E-state index is -0.374. The predicted octanol–water partition coefficient (Wildman–Crippen LogP) is 0.949. The molecule has 3 N–H and O–H groups in total. The molecular weight excluding hydrogens is 242 g/mol. The SMILES string of the molecule is C#CCNc1cccc(NC2CCC(=O)NC2=O)c1. The van der Waals surface area contributed by atoms with Crippen molar-refractivity contribution in [1.29, 1.82) is 0 Å². The topological polar surface area (TPSA) is 70.2 Å². The molecule has 1 atom stereocenters. The molecule has 1 aliphatic heterocycles. The number of carbonyl (C=O) groups is 2. The summed E-state index contributed by atoms with van der Waals surface area (Å²) in [6, 6.07) is 7.13. The summed E-state index contributed by atoms with van der Waals surface area (Å²) >= 11 is 0. The van der Waals surface area contributed by atoms with Gasteiger partial charge in [-0.25, -0.2) is 0 Å². The van der Waals surface area contributed by atoms with Gasteiger partial charge in [-0.05, 0) is 24.6 Å². The fourth-order valence-electron chi connectivity index (χ4n) is 1.90. The fraction of sp³-hybridized carbons (Fsp3) is 0.286. The van der Waals surface area contributed by atoms with Gasteiger partial charge in [0.25, 0.3) is 0 Å². The van der Waals surface area contributed by atoms with Gasteiger partial charge >= 0.3 is 0 Å². The van der Waals surface area contributed by atoms with Gasteiger partial charge in [0.2, 0.25) is 11.8 Å². The van der Waals surface area contributed by atoms with E-state index in [4.69, 9.17) is 6.42 Å². The van der Waals surface area contributed by atoms with E-state index in [0.29, 0.717) is 19.4 Å². The van der Waals surface area contributed by atoms with Gasteiger partial charge in [0.15, 0.2) is 0 Å². The van der Waals surface area contributed by atoms with Crippen LogP contribution in [0.25, 0.3) is 0 Å². The van der Waals surface area contributed by atoms with Gasteiger partial charge in [-0.3, -0.25) is 14.9 Å². The Balaban J connectivity index is 2.01. The first-order chi connectivity index (χ1) is 9.19. The molecule has 98 valence electrons. The second-order valence-electron chi connectivity index (χ2n) is 4.29. The molecular formula is C14H15N3O2. The van der Waals surface area contributed by atoms with Crippen molar-refractivity contribution in [2.45, 2.75) is 18.9 Å². The number of piperidine rings is 1.